The van der Waals surface area contributed by atoms with Gasteiger partial charge in [-0.1, -0.05) is 0 Å². The maximum absolute atomic E-state index is 8.39. The molecule has 3 N–H and O–H groups in total. The Morgan fingerprint density at radius 2 is 1.56 bits per heavy atom. The smallest absolute Gasteiger partial charge is 1.00 e. The third-order valence-corrected chi connectivity index (χ3v) is 1.05. The molecule has 0 saturated carbocycles. The average molecular weight is 160 g/mol. The molecule has 4 heteroatoms. The molecule has 0 saturated heterocycles. The van der Waals surface area contributed by atoms with Crippen molar-refractivity contribution in [3.8, 4) is 0 Å². The van der Waals surface area contributed by atoms with Gasteiger partial charge in [-0.15, -0.1) is 0 Å². The molecule has 0 amide bonds. The van der Waals surface area contributed by atoms with Gasteiger partial charge >= 0.3 is 51.4 Å². The van der Waals surface area contributed by atoms with E-state index in [0.717, 1.165) is 0 Å². The predicted octanol–water partition coefficient (Wildman–Crippen LogP) is -3.91. The summed E-state index contributed by atoms with van der Waals surface area (Å²) in [4.78, 5) is 0. The zero-order valence-electron chi connectivity index (χ0n) is 6.75. The Labute approximate surface area is 99.0 Å². The van der Waals surface area contributed by atoms with Gasteiger partial charge in [0, 0.05) is 25.7 Å². The van der Waals surface area contributed by atoms with Crippen LogP contribution in [0.2, 0.25) is 0 Å². The minimum absolute atomic E-state index is 0. The summed E-state index contributed by atoms with van der Waals surface area (Å²) in [5, 5.41) is 25.0. The van der Waals surface area contributed by atoms with E-state index in [1.807, 2.05) is 0 Å². The molecule has 0 unspecified atom stereocenters. The Bertz CT molecular complexity index is 52.2. The van der Waals surface area contributed by atoms with Crippen LogP contribution in [-0.2, 0) is 0 Å². The van der Waals surface area contributed by atoms with Crippen LogP contribution in [0.5, 0.6) is 0 Å². The number of hydrogen-bond acceptors (Lipinski definition) is 3. The van der Waals surface area contributed by atoms with Crippen molar-refractivity contribution in [2.45, 2.75) is 6.42 Å². The minimum atomic E-state index is -0.139. The van der Waals surface area contributed by atoms with Crippen molar-refractivity contribution in [1.82, 2.24) is 0 Å². The summed E-state index contributed by atoms with van der Waals surface area (Å²) in [7, 11) is 0. The average Bonchev–Trinajstić information content (AvgIpc) is 1.83. The second-order valence-corrected chi connectivity index (χ2v) is 1.74. The summed E-state index contributed by atoms with van der Waals surface area (Å²) < 4.78 is 0. The second kappa shape index (κ2) is 9.52. The molecule has 0 rings (SSSR count). The van der Waals surface area contributed by atoms with Crippen molar-refractivity contribution in [3.05, 3.63) is 0 Å². The molecule has 0 heterocycles. The summed E-state index contributed by atoms with van der Waals surface area (Å²) in [5.74, 6) is -0.139. The maximum atomic E-state index is 8.39. The van der Waals surface area contributed by atoms with Crippen molar-refractivity contribution >= 4 is 0 Å². The van der Waals surface area contributed by atoms with Gasteiger partial charge in [0.05, 0.1) is 0 Å². The summed E-state index contributed by atoms with van der Waals surface area (Å²) in [5.41, 5.74) is 0. The van der Waals surface area contributed by atoms with Gasteiger partial charge in [0.1, 0.15) is 0 Å². The van der Waals surface area contributed by atoms with Gasteiger partial charge in [-0.25, -0.2) is 0 Å². The molecule has 0 bridgehead atoms. The molecule has 0 aliphatic rings. The fraction of sp³-hybridized carbons (Fsp3) is 1.00. The second-order valence-electron chi connectivity index (χ2n) is 1.74. The normalized spacial score (nSPS) is 9.33. The molecule has 0 aromatic carbocycles. The summed E-state index contributed by atoms with van der Waals surface area (Å²) in [6.45, 7) is -0.0556. The largest absolute Gasteiger partial charge is 1.00 e. The Kier molecular flexibility index (Phi) is 13.9. The van der Waals surface area contributed by atoms with Gasteiger partial charge in [0.2, 0.25) is 0 Å². The van der Waals surface area contributed by atoms with Crippen LogP contribution in [0.4, 0.5) is 0 Å². The van der Waals surface area contributed by atoms with Crippen LogP contribution in [0.15, 0.2) is 0 Å². The van der Waals surface area contributed by atoms with Crippen molar-refractivity contribution in [3.63, 3.8) is 0 Å². The zero-order chi connectivity index (χ0) is 6.41. The first-order chi connectivity index (χ1) is 3.85. The Morgan fingerprint density at radius 3 is 1.67 bits per heavy atom. The predicted molar refractivity (Wildman–Crippen MR) is 30.5 cm³/mol. The third kappa shape index (κ3) is 7.41. The monoisotopic (exact) mass is 160 g/mol. The van der Waals surface area contributed by atoms with Crippen molar-refractivity contribution < 1.29 is 68.1 Å². The minimum Gasteiger partial charge on any atom is -1.00 e. The van der Waals surface area contributed by atoms with Gasteiger partial charge in [-0.3, -0.25) is 0 Å². The first-order valence-corrected chi connectivity index (χ1v) is 2.67. The van der Waals surface area contributed by atoms with Gasteiger partial charge < -0.3 is 16.7 Å². The Hall–Kier alpha value is 1.52. The number of hydrogen-bond donors (Lipinski definition) is 3. The first-order valence-electron chi connectivity index (χ1n) is 2.67. The van der Waals surface area contributed by atoms with E-state index >= 15 is 0 Å². The van der Waals surface area contributed by atoms with Crippen LogP contribution in [-0.4, -0.2) is 35.1 Å². The van der Waals surface area contributed by atoms with E-state index in [4.69, 9.17) is 15.3 Å². The molecule has 0 aliphatic carbocycles. The van der Waals surface area contributed by atoms with Crippen LogP contribution >= 0.6 is 0 Å². The van der Waals surface area contributed by atoms with Gasteiger partial charge in [0.15, 0.2) is 0 Å². The molecule has 0 radical (unpaired) electrons. The van der Waals surface area contributed by atoms with Crippen LogP contribution < -0.4 is 51.4 Å². The summed E-state index contributed by atoms with van der Waals surface area (Å²) >= 11 is 0. The fourth-order valence-electron chi connectivity index (χ4n) is 0.423. The zero-order valence-corrected chi connectivity index (χ0v) is 8.87. The number of aliphatic hydroxyl groups excluding tert-OH is 3. The molecule has 0 fully saturated rings. The molecule has 0 aromatic heterocycles. The molecule has 9 heavy (non-hydrogen) atoms. The Balaban J connectivity index is -0.000000245. The van der Waals surface area contributed by atoms with E-state index in [2.05, 4.69) is 0 Å². The van der Waals surface area contributed by atoms with Gasteiger partial charge in [-0.2, -0.15) is 0 Å². The van der Waals surface area contributed by atoms with Crippen molar-refractivity contribution in [2.75, 3.05) is 19.8 Å². The molecule has 0 atom stereocenters. The molecule has 3 nitrogen and oxygen atoms in total. The van der Waals surface area contributed by atoms with Crippen LogP contribution in [0, 0.1) is 5.92 Å². The standard InChI is InChI=1S/C5H12O3.K.H/c6-2-1-5(3-7)4-8;;/h5-8H,1-4H2;;/q;+1;-1. The molecule has 0 aliphatic heterocycles. The fourth-order valence-corrected chi connectivity index (χ4v) is 0.423. The number of rotatable bonds is 4. The number of aliphatic hydroxyl groups is 3. The van der Waals surface area contributed by atoms with E-state index in [0.29, 0.717) is 6.42 Å². The summed E-state index contributed by atoms with van der Waals surface area (Å²) in [6.07, 6.45) is 0.479. The third-order valence-electron chi connectivity index (χ3n) is 1.05. The molecular weight excluding hydrogens is 147 g/mol. The van der Waals surface area contributed by atoms with Crippen LogP contribution in [0.1, 0.15) is 7.85 Å². The molecule has 0 aromatic rings. The van der Waals surface area contributed by atoms with Gasteiger partial charge in [0.25, 0.3) is 0 Å². The summed E-state index contributed by atoms with van der Waals surface area (Å²) in [6, 6.07) is 0. The molecular formula is C5H13KO3. The quantitative estimate of drug-likeness (QED) is 0.368. The van der Waals surface area contributed by atoms with E-state index in [9.17, 15) is 0 Å². The van der Waals surface area contributed by atoms with Crippen LogP contribution in [0.25, 0.3) is 0 Å². The SMILES string of the molecule is OCCC(CO)CO.[H-].[K+]. The maximum Gasteiger partial charge on any atom is 1.00 e. The topological polar surface area (TPSA) is 60.7 Å². The van der Waals surface area contributed by atoms with E-state index in [-0.39, 0.29) is 78.5 Å². The molecule has 52 valence electrons. The van der Waals surface area contributed by atoms with E-state index < -0.39 is 0 Å². The first kappa shape index (κ1) is 13.1. The van der Waals surface area contributed by atoms with Crippen LogP contribution in [0.3, 0.4) is 0 Å². The van der Waals surface area contributed by atoms with Gasteiger partial charge in [-0.05, 0) is 6.42 Å². The van der Waals surface area contributed by atoms with E-state index in [1.54, 1.807) is 0 Å². The Morgan fingerprint density at radius 1 is 1.11 bits per heavy atom. The van der Waals surface area contributed by atoms with Crippen molar-refractivity contribution in [1.29, 1.82) is 0 Å². The van der Waals surface area contributed by atoms with Crippen molar-refractivity contribution in [2.24, 2.45) is 5.92 Å². The molecule has 0 spiro atoms. The van der Waals surface area contributed by atoms with E-state index in [1.165, 1.54) is 0 Å².